The average Bonchev–Trinajstić information content (AvgIpc) is 3.23. The largest absolute Gasteiger partial charge is 0.509 e. The molecule has 1 saturated heterocycles. The SMILES string of the molecule is O=C(/C=C/c1ccc(OCc2cccnc2)cc1)OC1C[C@@H]2OC(=O)O[C@@H]2C1. The van der Waals surface area contributed by atoms with Crippen LogP contribution in [0, 0.1) is 0 Å². The molecule has 28 heavy (non-hydrogen) atoms. The zero-order valence-corrected chi connectivity index (χ0v) is 15.0. The van der Waals surface area contributed by atoms with Crippen molar-refractivity contribution in [3.05, 3.63) is 66.0 Å². The first kappa shape index (κ1) is 18.0. The number of pyridine rings is 1. The lowest BCUT2D eigenvalue weighted by molar-refractivity contribution is -0.143. The number of carbonyl (C=O) groups excluding carboxylic acids is 2. The molecule has 2 aliphatic rings. The molecule has 1 aromatic carbocycles. The van der Waals surface area contributed by atoms with E-state index in [1.165, 1.54) is 6.08 Å². The summed E-state index contributed by atoms with van der Waals surface area (Å²) in [6.07, 6.45) is 5.91. The topological polar surface area (TPSA) is 84.0 Å². The molecule has 144 valence electrons. The summed E-state index contributed by atoms with van der Waals surface area (Å²) in [6, 6.07) is 11.2. The van der Waals surface area contributed by atoms with Crippen molar-refractivity contribution in [1.29, 1.82) is 0 Å². The van der Waals surface area contributed by atoms with Crippen LogP contribution in [0.25, 0.3) is 6.08 Å². The van der Waals surface area contributed by atoms with Gasteiger partial charge in [0.05, 0.1) is 0 Å². The number of benzene rings is 1. The molecule has 1 unspecified atom stereocenters. The van der Waals surface area contributed by atoms with Crippen LogP contribution in [0.3, 0.4) is 0 Å². The van der Waals surface area contributed by atoms with Gasteiger partial charge in [0.2, 0.25) is 0 Å². The first-order valence-corrected chi connectivity index (χ1v) is 9.03. The summed E-state index contributed by atoms with van der Waals surface area (Å²) in [7, 11) is 0. The van der Waals surface area contributed by atoms with Crippen LogP contribution in [0.5, 0.6) is 5.75 Å². The third-order valence-electron chi connectivity index (χ3n) is 4.60. The molecule has 0 bridgehead atoms. The lowest BCUT2D eigenvalue weighted by atomic mass is 10.2. The summed E-state index contributed by atoms with van der Waals surface area (Å²) in [5, 5.41) is 0. The minimum atomic E-state index is -0.646. The Labute approximate surface area is 161 Å². The van der Waals surface area contributed by atoms with Gasteiger partial charge in [0.1, 0.15) is 30.7 Å². The van der Waals surface area contributed by atoms with E-state index in [1.54, 1.807) is 18.5 Å². The van der Waals surface area contributed by atoms with Crippen molar-refractivity contribution in [2.45, 2.75) is 37.8 Å². The fraction of sp³-hybridized carbons (Fsp3) is 0.286. The Morgan fingerprint density at radius 2 is 1.89 bits per heavy atom. The van der Waals surface area contributed by atoms with E-state index in [2.05, 4.69) is 4.98 Å². The number of hydrogen-bond donors (Lipinski definition) is 0. The standard InChI is InChI=1S/C21H19NO6/c23-20(26-17-10-18-19(11-17)28-21(24)27-18)8-5-14-3-6-16(7-4-14)25-13-15-2-1-9-22-12-15/h1-9,12,17-19H,10-11,13H2/b8-5+/t17?,18-,19+. The molecule has 0 radical (unpaired) electrons. The number of esters is 1. The Morgan fingerprint density at radius 3 is 2.57 bits per heavy atom. The van der Waals surface area contributed by atoms with Gasteiger partial charge >= 0.3 is 12.1 Å². The van der Waals surface area contributed by atoms with E-state index < -0.39 is 12.1 Å². The van der Waals surface area contributed by atoms with Crippen molar-refractivity contribution in [2.24, 2.45) is 0 Å². The van der Waals surface area contributed by atoms with E-state index in [0.29, 0.717) is 19.4 Å². The molecule has 4 rings (SSSR count). The molecule has 0 spiro atoms. The molecular formula is C21H19NO6. The van der Waals surface area contributed by atoms with Gasteiger partial charge in [-0.3, -0.25) is 4.98 Å². The predicted octanol–water partition coefficient (Wildman–Crippen LogP) is 3.28. The van der Waals surface area contributed by atoms with E-state index in [4.69, 9.17) is 18.9 Å². The highest BCUT2D eigenvalue weighted by molar-refractivity contribution is 5.87. The third-order valence-corrected chi connectivity index (χ3v) is 4.60. The van der Waals surface area contributed by atoms with E-state index in [9.17, 15) is 9.59 Å². The van der Waals surface area contributed by atoms with Gasteiger partial charge in [0.15, 0.2) is 0 Å². The van der Waals surface area contributed by atoms with Gasteiger partial charge < -0.3 is 18.9 Å². The lowest BCUT2D eigenvalue weighted by Crippen LogP contribution is -2.16. The van der Waals surface area contributed by atoms with Gasteiger partial charge in [0, 0.05) is 36.9 Å². The highest BCUT2D eigenvalue weighted by Crippen LogP contribution is 2.32. The van der Waals surface area contributed by atoms with Gasteiger partial charge in [0.25, 0.3) is 0 Å². The fourth-order valence-corrected chi connectivity index (χ4v) is 3.23. The third kappa shape index (κ3) is 4.49. The smallest absolute Gasteiger partial charge is 0.489 e. The van der Waals surface area contributed by atoms with E-state index in [0.717, 1.165) is 16.9 Å². The first-order valence-electron chi connectivity index (χ1n) is 9.03. The molecule has 2 fully saturated rings. The van der Waals surface area contributed by atoms with Crippen molar-refractivity contribution >= 4 is 18.2 Å². The number of ether oxygens (including phenoxy) is 4. The van der Waals surface area contributed by atoms with Gasteiger partial charge in [-0.15, -0.1) is 0 Å². The van der Waals surface area contributed by atoms with Crippen LogP contribution in [-0.2, 0) is 25.6 Å². The van der Waals surface area contributed by atoms with E-state index >= 15 is 0 Å². The molecule has 2 heterocycles. The second-order valence-electron chi connectivity index (χ2n) is 6.65. The molecular weight excluding hydrogens is 362 g/mol. The summed E-state index contributed by atoms with van der Waals surface area (Å²) >= 11 is 0. The number of fused-ring (bicyclic) bond motifs is 1. The predicted molar refractivity (Wildman–Crippen MR) is 98.3 cm³/mol. The average molecular weight is 381 g/mol. The molecule has 1 saturated carbocycles. The van der Waals surface area contributed by atoms with E-state index in [1.807, 2.05) is 36.4 Å². The minimum Gasteiger partial charge on any atom is -0.489 e. The van der Waals surface area contributed by atoms with Crippen molar-refractivity contribution < 1.29 is 28.5 Å². The molecule has 7 heteroatoms. The van der Waals surface area contributed by atoms with Crippen LogP contribution in [-0.4, -0.2) is 35.4 Å². The number of rotatable bonds is 6. The Hall–Kier alpha value is -3.35. The zero-order valence-electron chi connectivity index (χ0n) is 15.0. The van der Waals surface area contributed by atoms with Crippen LogP contribution in [0.2, 0.25) is 0 Å². The van der Waals surface area contributed by atoms with Gasteiger partial charge in [-0.2, -0.15) is 0 Å². The van der Waals surface area contributed by atoms with Crippen LogP contribution in [0.15, 0.2) is 54.9 Å². The molecule has 3 atom stereocenters. The highest BCUT2D eigenvalue weighted by Gasteiger charge is 2.46. The summed E-state index contributed by atoms with van der Waals surface area (Å²) < 4.78 is 21.1. The summed E-state index contributed by atoms with van der Waals surface area (Å²) in [4.78, 5) is 27.0. The van der Waals surface area contributed by atoms with Gasteiger partial charge in [-0.25, -0.2) is 9.59 Å². The Bertz CT molecular complexity index is 848. The second kappa shape index (κ2) is 8.12. The number of nitrogens with zero attached hydrogens (tertiary/aromatic N) is 1. The summed E-state index contributed by atoms with van der Waals surface area (Å²) in [6.45, 7) is 0.442. The maximum Gasteiger partial charge on any atom is 0.509 e. The fourth-order valence-electron chi connectivity index (χ4n) is 3.23. The Balaban J connectivity index is 1.24. The van der Waals surface area contributed by atoms with Crippen LogP contribution < -0.4 is 4.74 Å². The number of hydrogen-bond acceptors (Lipinski definition) is 7. The van der Waals surface area contributed by atoms with Gasteiger partial charge in [-0.05, 0) is 29.8 Å². The van der Waals surface area contributed by atoms with Crippen molar-refractivity contribution in [2.75, 3.05) is 0 Å². The molecule has 1 aliphatic heterocycles. The zero-order chi connectivity index (χ0) is 19.3. The Kier molecular flexibility index (Phi) is 5.23. The normalized spacial score (nSPS) is 23.1. The maximum atomic E-state index is 12.0. The minimum absolute atomic E-state index is 0.302. The van der Waals surface area contributed by atoms with Crippen LogP contribution in [0.4, 0.5) is 4.79 Å². The Morgan fingerprint density at radius 1 is 1.14 bits per heavy atom. The highest BCUT2D eigenvalue weighted by atomic mass is 16.8. The monoisotopic (exact) mass is 381 g/mol. The quantitative estimate of drug-likeness (QED) is 0.561. The van der Waals surface area contributed by atoms with E-state index in [-0.39, 0.29) is 18.3 Å². The molecule has 0 amide bonds. The van der Waals surface area contributed by atoms with Crippen molar-refractivity contribution in [3.63, 3.8) is 0 Å². The summed E-state index contributed by atoms with van der Waals surface area (Å²) in [5.74, 6) is 0.295. The second-order valence-corrected chi connectivity index (χ2v) is 6.65. The molecule has 7 nitrogen and oxygen atoms in total. The van der Waals surface area contributed by atoms with Crippen molar-refractivity contribution in [3.8, 4) is 5.75 Å². The molecule has 0 N–H and O–H groups in total. The lowest BCUT2D eigenvalue weighted by Gasteiger charge is -2.10. The summed E-state index contributed by atoms with van der Waals surface area (Å²) in [5.41, 5.74) is 1.84. The van der Waals surface area contributed by atoms with Crippen LogP contribution >= 0.6 is 0 Å². The molecule has 1 aliphatic carbocycles. The van der Waals surface area contributed by atoms with Crippen molar-refractivity contribution in [1.82, 2.24) is 4.98 Å². The first-order chi connectivity index (χ1) is 13.7. The van der Waals surface area contributed by atoms with Crippen LogP contribution in [0.1, 0.15) is 24.0 Å². The molecule has 2 aromatic rings. The molecule has 1 aromatic heterocycles. The number of carbonyl (C=O) groups is 2. The van der Waals surface area contributed by atoms with Gasteiger partial charge in [-0.1, -0.05) is 18.2 Å². The number of aromatic nitrogens is 1. The maximum absolute atomic E-state index is 12.0.